The zero-order chi connectivity index (χ0) is 33.2. The first kappa shape index (κ1) is 34.2. The van der Waals surface area contributed by atoms with E-state index < -0.39 is 28.5 Å². The van der Waals surface area contributed by atoms with Crippen LogP contribution in [0.4, 0.5) is 5.69 Å². The number of rotatable bonds is 13. The number of ether oxygens (including phenoxy) is 1. The predicted molar refractivity (Wildman–Crippen MR) is 188 cm³/mol. The van der Waals surface area contributed by atoms with Gasteiger partial charge in [-0.05, 0) is 66.4 Å². The second-order valence-electron chi connectivity index (χ2n) is 11.7. The minimum atomic E-state index is -4.17. The number of benzene rings is 4. The second kappa shape index (κ2) is 16.1. The van der Waals surface area contributed by atoms with Gasteiger partial charge in [0.25, 0.3) is 10.0 Å². The van der Waals surface area contributed by atoms with Crippen molar-refractivity contribution in [3.63, 3.8) is 0 Å². The molecular weight excluding hydrogens is 678 g/mol. The first-order valence-electron chi connectivity index (χ1n) is 15.8. The molecule has 4 aromatic rings. The molecular formula is C37H40BrN3O5S. The van der Waals surface area contributed by atoms with Gasteiger partial charge in [-0.1, -0.05) is 102 Å². The van der Waals surface area contributed by atoms with Crippen LogP contribution in [0.1, 0.15) is 43.2 Å². The van der Waals surface area contributed by atoms with Crippen molar-refractivity contribution in [2.45, 2.75) is 62.0 Å². The molecule has 1 saturated carbocycles. The van der Waals surface area contributed by atoms with Crippen LogP contribution < -0.4 is 14.4 Å². The Morgan fingerprint density at radius 2 is 1.51 bits per heavy atom. The zero-order valence-corrected chi connectivity index (χ0v) is 28.8. The Balaban J connectivity index is 1.57. The molecule has 0 saturated heterocycles. The van der Waals surface area contributed by atoms with Gasteiger partial charge >= 0.3 is 0 Å². The molecule has 1 N–H and O–H groups in total. The van der Waals surface area contributed by atoms with Crippen molar-refractivity contribution in [1.82, 2.24) is 10.2 Å². The largest absolute Gasteiger partial charge is 0.497 e. The minimum absolute atomic E-state index is 0.0277. The van der Waals surface area contributed by atoms with Gasteiger partial charge in [-0.2, -0.15) is 0 Å². The zero-order valence-electron chi connectivity index (χ0n) is 26.4. The number of anilines is 1. The summed E-state index contributed by atoms with van der Waals surface area (Å²) in [6.07, 6.45) is 5.26. The van der Waals surface area contributed by atoms with E-state index in [4.69, 9.17) is 4.74 Å². The molecule has 8 nitrogen and oxygen atoms in total. The number of hydrogen-bond donors (Lipinski definition) is 1. The van der Waals surface area contributed by atoms with Crippen LogP contribution >= 0.6 is 15.9 Å². The van der Waals surface area contributed by atoms with E-state index in [0.717, 1.165) is 47.5 Å². The summed E-state index contributed by atoms with van der Waals surface area (Å²) in [7, 11) is -2.59. The summed E-state index contributed by atoms with van der Waals surface area (Å²) < 4.78 is 35.5. The second-order valence-corrected chi connectivity index (χ2v) is 14.5. The van der Waals surface area contributed by atoms with Crippen molar-refractivity contribution in [1.29, 1.82) is 0 Å². The molecule has 1 aliphatic carbocycles. The van der Waals surface area contributed by atoms with E-state index in [0.29, 0.717) is 15.9 Å². The highest BCUT2D eigenvalue weighted by molar-refractivity contribution is 9.10. The number of methoxy groups -OCH3 is 1. The molecule has 246 valence electrons. The van der Waals surface area contributed by atoms with Crippen molar-refractivity contribution < 1.29 is 22.7 Å². The maximum Gasteiger partial charge on any atom is 0.264 e. The highest BCUT2D eigenvalue weighted by Gasteiger charge is 2.35. The number of amides is 2. The Morgan fingerprint density at radius 3 is 2.19 bits per heavy atom. The van der Waals surface area contributed by atoms with E-state index in [1.807, 2.05) is 54.6 Å². The topological polar surface area (TPSA) is 96.0 Å². The van der Waals surface area contributed by atoms with Crippen LogP contribution in [0.5, 0.6) is 5.75 Å². The minimum Gasteiger partial charge on any atom is -0.497 e. The lowest BCUT2D eigenvalue weighted by Gasteiger charge is -2.35. The van der Waals surface area contributed by atoms with Gasteiger partial charge in [0.05, 0.1) is 17.7 Å². The molecule has 0 unspecified atom stereocenters. The van der Waals surface area contributed by atoms with Gasteiger partial charge in [-0.25, -0.2) is 8.42 Å². The number of carbonyl (C=O) groups excluding carboxylic acids is 2. The normalized spacial score (nSPS) is 14.2. The van der Waals surface area contributed by atoms with E-state index in [2.05, 4.69) is 21.2 Å². The summed E-state index contributed by atoms with van der Waals surface area (Å²) in [5.41, 5.74) is 1.96. The number of nitrogens with one attached hydrogen (secondary N) is 1. The van der Waals surface area contributed by atoms with Crippen LogP contribution in [0.3, 0.4) is 0 Å². The van der Waals surface area contributed by atoms with Crippen LogP contribution in [0.2, 0.25) is 0 Å². The molecule has 0 bridgehead atoms. The van der Waals surface area contributed by atoms with Crippen molar-refractivity contribution in [3.8, 4) is 5.75 Å². The van der Waals surface area contributed by atoms with Crippen LogP contribution in [-0.4, -0.2) is 50.9 Å². The fraction of sp³-hybridized carbons (Fsp3) is 0.297. The number of nitrogens with zero attached hydrogens (tertiary/aromatic N) is 2. The van der Waals surface area contributed by atoms with Gasteiger partial charge in [-0.15, -0.1) is 0 Å². The maximum atomic E-state index is 14.7. The Bertz CT molecular complexity index is 1750. The number of carbonyl (C=O) groups is 2. The standard InChI is InChI=1S/C37H40BrN3O5S/c1-46-33-20-11-15-29(23-33)26-40(35(24-28-13-5-2-6-14-28)37(43)39-31-17-7-3-8-18-31)36(42)27-41(32-19-12-16-30(38)25-32)47(44,45)34-21-9-4-10-22-34/h2,4-6,9-16,19-23,25,31,35H,3,7-8,17-18,24,26-27H2,1H3,(H,39,43)/t35-/m0/s1. The molecule has 0 aliphatic heterocycles. The lowest BCUT2D eigenvalue weighted by Crippen LogP contribution is -2.55. The molecule has 1 fully saturated rings. The molecule has 0 spiro atoms. The van der Waals surface area contributed by atoms with E-state index in [-0.39, 0.29) is 29.8 Å². The van der Waals surface area contributed by atoms with E-state index in [1.165, 1.54) is 17.0 Å². The van der Waals surface area contributed by atoms with Gasteiger partial charge < -0.3 is 15.0 Å². The summed E-state index contributed by atoms with van der Waals surface area (Å²) in [4.78, 5) is 30.5. The Labute approximate surface area is 285 Å². The van der Waals surface area contributed by atoms with Crippen molar-refractivity contribution in [2.75, 3.05) is 18.0 Å². The third-order valence-electron chi connectivity index (χ3n) is 8.42. The molecule has 1 atom stereocenters. The van der Waals surface area contributed by atoms with E-state index >= 15 is 0 Å². The van der Waals surface area contributed by atoms with Gasteiger partial charge in [0.2, 0.25) is 11.8 Å². The van der Waals surface area contributed by atoms with Crippen LogP contribution in [-0.2, 0) is 32.6 Å². The predicted octanol–water partition coefficient (Wildman–Crippen LogP) is 6.74. The molecule has 0 radical (unpaired) electrons. The molecule has 5 rings (SSSR count). The highest BCUT2D eigenvalue weighted by Crippen LogP contribution is 2.28. The van der Waals surface area contributed by atoms with Crippen molar-refractivity contribution in [2.24, 2.45) is 0 Å². The van der Waals surface area contributed by atoms with Crippen LogP contribution in [0.15, 0.2) is 119 Å². The molecule has 47 heavy (non-hydrogen) atoms. The smallest absolute Gasteiger partial charge is 0.264 e. The molecule has 2 amide bonds. The Kier molecular flexibility index (Phi) is 11.7. The van der Waals surface area contributed by atoms with Crippen LogP contribution in [0.25, 0.3) is 0 Å². The quantitative estimate of drug-likeness (QED) is 0.165. The summed E-state index contributed by atoms with van der Waals surface area (Å²) in [6, 6.07) is 30.9. The summed E-state index contributed by atoms with van der Waals surface area (Å²) in [6.45, 7) is -0.441. The van der Waals surface area contributed by atoms with Gasteiger partial charge in [0.1, 0.15) is 18.3 Å². The first-order chi connectivity index (χ1) is 22.7. The molecule has 0 aromatic heterocycles. The van der Waals surface area contributed by atoms with E-state index in [9.17, 15) is 18.0 Å². The van der Waals surface area contributed by atoms with Gasteiger partial charge in [0.15, 0.2) is 0 Å². The molecule has 10 heteroatoms. The third kappa shape index (κ3) is 9.02. The summed E-state index contributed by atoms with van der Waals surface area (Å²) >= 11 is 3.45. The lowest BCUT2D eigenvalue weighted by atomic mass is 9.94. The summed E-state index contributed by atoms with van der Waals surface area (Å²) in [5.74, 6) is -0.146. The lowest BCUT2D eigenvalue weighted by molar-refractivity contribution is -0.140. The van der Waals surface area contributed by atoms with Crippen molar-refractivity contribution in [3.05, 3.63) is 125 Å². The Hall–Kier alpha value is -4.15. The fourth-order valence-electron chi connectivity index (χ4n) is 5.95. The SMILES string of the molecule is COc1cccc(CN(C(=O)CN(c2cccc(Br)c2)S(=O)(=O)c2ccccc2)[C@@H](Cc2ccccc2)C(=O)NC2CCCCC2)c1. The summed E-state index contributed by atoms with van der Waals surface area (Å²) in [5, 5.41) is 3.24. The average Bonchev–Trinajstić information content (AvgIpc) is 3.10. The van der Waals surface area contributed by atoms with E-state index in [1.54, 1.807) is 49.6 Å². The third-order valence-corrected chi connectivity index (χ3v) is 10.7. The molecule has 1 aliphatic rings. The number of halogens is 1. The molecule has 4 aromatic carbocycles. The van der Waals surface area contributed by atoms with Gasteiger partial charge in [-0.3, -0.25) is 13.9 Å². The van der Waals surface area contributed by atoms with Gasteiger partial charge in [0, 0.05) is 23.5 Å². The maximum absolute atomic E-state index is 14.7. The highest BCUT2D eigenvalue weighted by atomic mass is 79.9. The average molecular weight is 719 g/mol. The number of sulfonamides is 1. The number of hydrogen-bond acceptors (Lipinski definition) is 5. The first-order valence-corrected chi connectivity index (χ1v) is 18.1. The van der Waals surface area contributed by atoms with Crippen molar-refractivity contribution >= 4 is 43.5 Å². The Morgan fingerprint density at radius 1 is 0.851 bits per heavy atom. The fourth-order valence-corrected chi connectivity index (χ4v) is 7.76. The molecule has 0 heterocycles. The monoisotopic (exact) mass is 717 g/mol. The van der Waals surface area contributed by atoms with Crippen LogP contribution in [0, 0.1) is 0 Å².